The Kier molecular flexibility index (Phi) is 15.0. The third-order valence-corrected chi connectivity index (χ3v) is 10.8. The van der Waals surface area contributed by atoms with Crippen molar-refractivity contribution >= 4 is 52.7 Å². The van der Waals surface area contributed by atoms with E-state index in [2.05, 4.69) is 21.3 Å². The van der Waals surface area contributed by atoms with Crippen LogP contribution in [0.25, 0.3) is 11.1 Å². The summed E-state index contributed by atoms with van der Waals surface area (Å²) >= 11 is 6.10. The van der Waals surface area contributed by atoms with Crippen molar-refractivity contribution in [1.82, 2.24) is 16.0 Å². The van der Waals surface area contributed by atoms with Crippen molar-refractivity contribution in [3.8, 4) is 11.1 Å². The highest BCUT2D eigenvalue weighted by Gasteiger charge is 2.32. The zero-order valence-corrected chi connectivity index (χ0v) is 33.7. The summed E-state index contributed by atoms with van der Waals surface area (Å²) in [4.78, 5) is 81.6. The van der Waals surface area contributed by atoms with Crippen LogP contribution in [0.4, 0.5) is 5.69 Å². The maximum atomic E-state index is 14.5. The molecule has 0 fully saturated rings. The van der Waals surface area contributed by atoms with Crippen LogP contribution in [0, 0.1) is 5.92 Å². The molecule has 2 heterocycles. The molecule has 0 aromatic heterocycles. The normalized spacial score (nSPS) is 19.6. The zero-order valence-electron chi connectivity index (χ0n) is 32.9. The number of carboxylic acids is 1. The van der Waals surface area contributed by atoms with E-state index in [4.69, 9.17) is 11.6 Å². The smallest absolute Gasteiger partial charge is 0.307 e. The monoisotopic (exact) mass is 826 g/mol. The molecule has 4 atom stereocenters. The van der Waals surface area contributed by atoms with Gasteiger partial charge in [0.15, 0.2) is 5.78 Å². The van der Waals surface area contributed by atoms with Crippen molar-refractivity contribution in [2.45, 2.75) is 69.5 Å². The number of carboxylic acid groups (broad SMARTS) is 1. The lowest BCUT2D eigenvalue weighted by atomic mass is 9.90. The van der Waals surface area contributed by atoms with E-state index in [0.29, 0.717) is 28.3 Å². The van der Waals surface area contributed by atoms with E-state index in [0.717, 1.165) is 22.3 Å². The Morgan fingerprint density at radius 2 is 1.10 bits per heavy atom. The Bertz CT molecular complexity index is 2270. The van der Waals surface area contributed by atoms with Crippen molar-refractivity contribution in [1.29, 1.82) is 0 Å². The Hall–Kier alpha value is -6.59. The minimum atomic E-state index is -1.21. The minimum absolute atomic E-state index is 0.0243. The molecule has 0 spiro atoms. The largest absolute Gasteiger partial charge is 0.481 e. The number of aryl methyl sites for hydroxylation is 1. The number of benzene rings is 5. The molecule has 60 heavy (non-hydrogen) atoms. The van der Waals surface area contributed by atoms with Crippen LogP contribution in [-0.2, 0) is 54.5 Å². The third-order valence-electron chi connectivity index (χ3n) is 10.5. The predicted octanol–water partition coefficient (Wildman–Crippen LogP) is 6.51. The highest BCUT2D eigenvalue weighted by molar-refractivity contribution is 6.30. The van der Waals surface area contributed by atoms with Gasteiger partial charge in [-0.05, 0) is 83.3 Å². The summed E-state index contributed by atoms with van der Waals surface area (Å²) in [7, 11) is 0. The summed E-state index contributed by atoms with van der Waals surface area (Å²) in [5.41, 5.74) is 5.31. The summed E-state index contributed by atoms with van der Waals surface area (Å²) in [6.45, 7) is 0. The topological polar surface area (TPSA) is 171 Å². The molecule has 0 aliphatic carbocycles. The number of amides is 4. The standard InChI is InChI=1S/C48H47ClN4O7/c49-38-20-18-36(19-21-38)35-16-11-34(12-17-35)29-42-47(58)52-41(28-32-9-5-2-6-10-32)43(54)30-37(48(59)60)27-33-13-22-39(23-14-33)50-44(55)25-26-45(56)51-40(46(57)53-42)24-15-31-7-3-1-4-8-31/h1-14,16-23,37,40-42H,15,24-30H2,(H,50,55)(H,51,56)(H,52,58)(H,53,57)(H,59,60)/t37-,40-,41-,42+/m1/s1. The number of fused-ring (bicyclic) bond motifs is 18. The molecule has 0 saturated carbocycles. The molecule has 2 bridgehead atoms. The Labute approximate surface area is 353 Å². The van der Waals surface area contributed by atoms with Gasteiger partial charge in [0.2, 0.25) is 23.6 Å². The number of hydrogen-bond donors (Lipinski definition) is 5. The van der Waals surface area contributed by atoms with Crippen LogP contribution < -0.4 is 21.3 Å². The Morgan fingerprint density at radius 1 is 0.567 bits per heavy atom. The quantitative estimate of drug-likeness (QED) is 0.106. The molecule has 7 rings (SSSR count). The van der Waals surface area contributed by atoms with E-state index in [1.807, 2.05) is 97.1 Å². The maximum absolute atomic E-state index is 14.5. The van der Waals surface area contributed by atoms with E-state index in [1.54, 1.807) is 36.4 Å². The molecule has 0 radical (unpaired) electrons. The van der Waals surface area contributed by atoms with Gasteiger partial charge in [-0.25, -0.2) is 0 Å². The first-order chi connectivity index (χ1) is 29.0. The molecule has 5 aromatic carbocycles. The van der Waals surface area contributed by atoms with Crippen LogP contribution in [0.5, 0.6) is 0 Å². The first kappa shape index (κ1) is 43.0. The fraction of sp³-hybridized carbons (Fsp3) is 0.250. The molecule has 0 saturated heterocycles. The Morgan fingerprint density at radius 3 is 1.73 bits per heavy atom. The summed E-state index contributed by atoms with van der Waals surface area (Å²) in [6.07, 6.45) is 0.0122. The lowest BCUT2D eigenvalue weighted by molar-refractivity contribution is -0.144. The van der Waals surface area contributed by atoms with Crippen LogP contribution in [0.2, 0.25) is 5.02 Å². The molecule has 2 aliphatic rings. The Balaban J connectivity index is 1.34. The van der Waals surface area contributed by atoms with Crippen LogP contribution in [0.3, 0.4) is 0 Å². The molecule has 11 nitrogen and oxygen atoms in total. The number of nitrogens with one attached hydrogen (secondary N) is 4. The third kappa shape index (κ3) is 12.7. The highest BCUT2D eigenvalue weighted by Crippen LogP contribution is 2.23. The fourth-order valence-corrected chi connectivity index (χ4v) is 7.27. The predicted molar refractivity (Wildman–Crippen MR) is 230 cm³/mol. The van der Waals surface area contributed by atoms with Crippen LogP contribution in [0.15, 0.2) is 133 Å². The number of carbonyl (C=O) groups excluding carboxylic acids is 5. The van der Waals surface area contributed by atoms with E-state index < -0.39 is 59.4 Å². The van der Waals surface area contributed by atoms with E-state index in [1.165, 1.54) is 0 Å². The van der Waals surface area contributed by atoms with Gasteiger partial charge in [0, 0.05) is 36.4 Å². The molecule has 5 aromatic rings. The second kappa shape index (κ2) is 20.9. The number of rotatable bonds is 9. The first-order valence-electron chi connectivity index (χ1n) is 20.0. The average Bonchev–Trinajstić information content (AvgIpc) is 3.25. The summed E-state index contributed by atoms with van der Waals surface area (Å²) in [5, 5.41) is 22.1. The molecular formula is C48H47ClN4O7. The number of halogens is 1. The van der Waals surface area contributed by atoms with Crippen molar-refractivity contribution in [2.75, 3.05) is 5.32 Å². The molecule has 0 unspecified atom stereocenters. The van der Waals surface area contributed by atoms with Crippen molar-refractivity contribution in [3.05, 3.63) is 161 Å². The number of carbonyl (C=O) groups is 6. The van der Waals surface area contributed by atoms with Gasteiger partial charge in [0.1, 0.15) is 12.1 Å². The summed E-state index contributed by atoms with van der Waals surface area (Å²) in [6, 6.07) is 36.6. The van der Waals surface area contributed by atoms with Gasteiger partial charge in [-0.3, -0.25) is 28.8 Å². The SMILES string of the molecule is O=C1CCC(=O)N[C@H](CCc2ccccc2)C(=O)N[C@@H](Cc2ccc(-c3ccc(Cl)cc3)cc2)C(=O)N[C@H](Cc2ccccc2)C(=O)C[C@H](C(=O)O)Cc2ccc(cc2)N1. The number of ketones is 1. The van der Waals surface area contributed by atoms with Crippen molar-refractivity contribution in [3.63, 3.8) is 0 Å². The second-order valence-electron chi connectivity index (χ2n) is 15.0. The first-order valence-corrected chi connectivity index (χ1v) is 20.3. The fourth-order valence-electron chi connectivity index (χ4n) is 7.14. The molecule has 12 heteroatoms. The van der Waals surface area contributed by atoms with Crippen molar-refractivity contribution in [2.24, 2.45) is 5.92 Å². The molecule has 2 aliphatic heterocycles. The second-order valence-corrected chi connectivity index (χ2v) is 15.5. The van der Waals surface area contributed by atoms with Gasteiger partial charge < -0.3 is 26.4 Å². The maximum Gasteiger partial charge on any atom is 0.307 e. The lowest BCUT2D eigenvalue weighted by Crippen LogP contribution is -2.57. The summed E-state index contributed by atoms with van der Waals surface area (Å²) < 4.78 is 0. The van der Waals surface area contributed by atoms with Crippen LogP contribution >= 0.6 is 11.6 Å². The number of anilines is 1. The van der Waals surface area contributed by atoms with Crippen LogP contribution in [0.1, 0.15) is 47.9 Å². The van der Waals surface area contributed by atoms with Gasteiger partial charge in [-0.15, -0.1) is 0 Å². The van der Waals surface area contributed by atoms with Crippen molar-refractivity contribution < 1.29 is 33.9 Å². The van der Waals surface area contributed by atoms with Crippen LogP contribution in [-0.4, -0.2) is 58.6 Å². The van der Waals surface area contributed by atoms with Gasteiger partial charge in [0.05, 0.1) is 12.0 Å². The van der Waals surface area contributed by atoms with E-state index >= 15 is 0 Å². The summed E-state index contributed by atoms with van der Waals surface area (Å²) in [5.74, 6) is -4.99. The van der Waals surface area contributed by atoms with Gasteiger partial charge in [0.25, 0.3) is 0 Å². The molecule has 5 N–H and O–H groups in total. The lowest BCUT2D eigenvalue weighted by Gasteiger charge is -2.26. The van der Waals surface area contributed by atoms with Gasteiger partial charge in [-0.2, -0.15) is 0 Å². The highest BCUT2D eigenvalue weighted by atomic mass is 35.5. The van der Waals surface area contributed by atoms with Gasteiger partial charge in [-0.1, -0.05) is 121 Å². The molecule has 308 valence electrons. The van der Waals surface area contributed by atoms with E-state index in [-0.39, 0.29) is 44.9 Å². The molecular weight excluding hydrogens is 780 g/mol. The average molecular weight is 827 g/mol. The van der Waals surface area contributed by atoms with Gasteiger partial charge >= 0.3 is 5.97 Å². The van der Waals surface area contributed by atoms with E-state index in [9.17, 15) is 33.9 Å². The number of Topliss-reactive ketones (excluding diaryl/α,β-unsaturated/α-hetero) is 1. The minimum Gasteiger partial charge on any atom is -0.481 e. The number of hydrogen-bond acceptors (Lipinski definition) is 6. The molecule has 4 amide bonds. The zero-order chi connectivity index (χ0) is 42.4. The number of aliphatic carboxylic acids is 1.